The molecule has 0 radical (unpaired) electrons. The molecule has 4 atom stereocenters. The first kappa shape index (κ1) is 20.1. The van der Waals surface area contributed by atoms with Crippen molar-refractivity contribution in [2.75, 3.05) is 0 Å². The Morgan fingerprint density at radius 3 is 2.61 bits per heavy atom. The Morgan fingerprint density at radius 2 is 1.94 bits per heavy atom. The molecule has 2 aliphatic heterocycles. The number of hydrogen-bond acceptors (Lipinski definition) is 5. The fraction of sp³-hybridized carbons (Fsp3) is 0.292. The van der Waals surface area contributed by atoms with Gasteiger partial charge >= 0.3 is 0 Å². The van der Waals surface area contributed by atoms with Gasteiger partial charge in [0.1, 0.15) is 6.10 Å². The largest absolute Gasteiger partial charge is 0.366 e. The summed E-state index contributed by atoms with van der Waals surface area (Å²) in [5.41, 5.74) is 2.97. The first-order valence-corrected chi connectivity index (χ1v) is 12.2. The zero-order chi connectivity index (χ0) is 22.7. The molecule has 0 aliphatic carbocycles. The number of benzene rings is 1. The lowest BCUT2D eigenvalue weighted by atomic mass is 9.82. The average molecular weight is 460 g/mol. The van der Waals surface area contributed by atoms with Crippen LogP contribution in [-0.2, 0) is 21.8 Å². The Balaban J connectivity index is 1.51. The number of nitrogens with zero attached hydrogens (tertiary/aromatic N) is 5. The summed E-state index contributed by atoms with van der Waals surface area (Å²) in [6.07, 6.45) is 8.47. The molecule has 166 valence electrons. The van der Waals surface area contributed by atoms with Crippen LogP contribution in [0, 0.1) is 6.57 Å². The highest BCUT2D eigenvalue weighted by atomic mass is 32.2. The van der Waals surface area contributed by atoms with Gasteiger partial charge in [-0.3, -0.25) is 4.68 Å². The van der Waals surface area contributed by atoms with Gasteiger partial charge < -0.3 is 9.58 Å². The monoisotopic (exact) mass is 459 g/mol. The van der Waals surface area contributed by atoms with E-state index in [0.29, 0.717) is 5.65 Å². The maximum absolute atomic E-state index is 13.5. The minimum absolute atomic E-state index is 0.00493. The van der Waals surface area contributed by atoms with E-state index in [2.05, 4.69) is 14.9 Å². The van der Waals surface area contributed by atoms with Crippen LogP contribution in [0.15, 0.2) is 66.1 Å². The van der Waals surface area contributed by atoms with Crippen molar-refractivity contribution in [3.63, 3.8) is 0 Å². The molecule has 4 aromatic rings. The fourth-order valence-corrected chi connectivity index (χ4v) is 6.44. The van der Waals surface area contributed by atoms with E-state index in [1.807, 2.05) is 19.3 Å². The zero-order valence-electron chi connectivity index (χ0n) is 17.9. The van der Waals surface area contributed by atoms with Crippen LogP contribution in [0.1, 0.15) is 24.3 Å². The Labute approximate surface area is 191 Å². The molecule has 2 fully saturated rings. The predicted molar refractivity (Wildman–Crippen MR) is 122 cm³/mol. The van der Waals surface area contributed by atoms with Crippen molar-refractivity contribution in [2.24, 2.45) is 7.05 Å². The predicted octanol–water partition coefficient (Wildman–Crippen LogP) is 3.61. The lowest BCUT2D eigenvalue weighted by Gasteiger charge is -2.19. The highest BCUT2D eigenvalue weighted by Gasteiger charge is 2.51. The molecule has 3 aromatic heterocycles. The lowest BCUT2D eigenvalue weighted by Crippen LogP contribution is -2.23. The molecular weight excluding hydrogens is 438 g/mol. The highest BCUT2D eigenvalue weighted by molar-refractivity contribution is 7.90. The van der Waals surface area contributed by atoms with E-state index in [1.165, 1.54) is 3.97 Å². The van der Waals surface area contributed by atoms with Crippen molar-refractivity contribution in [3.05, 3.63) is 78.2 Å². The molecule has 5 heterocycles. The minimum Gasteiger partial charge on any atom is -0.366 e. The van der Waals surface area contributed by atoms with E-state index >= 15 is 0 Å². The van der Waals surface area contributed by atoms with Gasteiger partial charge in [0.2, 0.25) is 0 Å². The number of hydrogen-bond donors (Lipinski definition) is 0. The molecular formula is C24H21N5O3S. The maximum atomic E-state index is 13.5. The van der Waals surface area contributed by atoms with E-state index in [-0.39, 0.29) is 29.1 Å². The summed E-state index contributed by atoms with van der Waals surface area (Å²) >= 11 is 0. The summed E-state index contributed by atoms with van der Waals surface area (Å²) in [5.74, 6) is 0.153. The van der Waals surface area contributed by atoms with Crippen LogP contribution in [0.4, 0.5) is 0 Å². The summed E-state index contributed by atoms with van der Waals surface area (Å²) in [7, 11) is -2.00. The van der Waals surface area contributed by atoms with Gasteiger partial charge in [0.25, 0.3) is 16.1 Å². The van der Waals surface area contributed by atoms with Crippen LogP contribution in [0.3, 0.4) is 0 Å². The Kier molecular flexibility index (Phi) is 4.44. The topological polar surface area (TPSA) is 83.4 Å². The smallest absolute Gasteiger partial charge is 0.269 e. The molecule has 8 nitrogen and oxygen atoms in total. The molecule has 1 unspecified atom stereocenters. The average Bonchev–Trinajstić information content (AvgIpc) is 3.61. The van der Waals surface area contributed by atoms with Crippen LogP contribution < -0.4 is 0 Å². The van der Waals surface area contributed by atoms with Crippen molar-refractivity contribution in [2.45, 2.75) is 41.9 Å². The number of rotatable bonds is 4. The third-order valence-corrected chi connectivity index (χ3v) is 8.39. The van der Waals surface area contributed by atoms with Crippen LogP contribution in [-0.4, -0.2) is 45.4 Å². The molecule has 2 aliphatic rings. The van der Waals surface area contributed by atoms with Crippen LogP contribution in [0.5, 0.6) is 0 Å². The molecule has 0 amide bonds. The molecule has 0 N–H and O–H groups in total. The van der Waals surface area contributed by atoms with Gasteiger partial charge in [0.05, 0.1) is 23.6 Å². The third-order valence-electron chi connectivity index (χ3n) is 6.73. The van der Waals surface area contributed by atoms with Crippen molar-refractivity contribution >= 4 is 21.1 Å². The van der Waals surface area contributed by atoms with Crippen molar-refractivity contribution in [1.29, 1.82) is 0 Å². The molecule has 0 saturated carbocycles. The van der Waals surface area contributed by atoms with E-state index in [0.717, 1.165) is 34.9 Å². The minimum atomic E-state index is -3.83. The van der Waals surface area contributed by atoms with Crippen LogP contribution >= 0.6 is 0 Å². The van der Waals surface area contributed by atoms with E-state index in [1.54, 1.807) is 53.6 Å². The lowest BCUT2D eigenvalue weighted by molar-refractivity contribution is 0.0994. The van der Waals surface area contributed by atoms with E-state index < -0.39 is 10.0 Å². The van der Waals surface area contributed by atoms with Gasteiger partial charge in [0, 0.05) is 48.1 Å². The summed E-state index contributed by atoms with van der Waals surface area (Å²) in [4.78, 5) is 8.53. The van der Waals surface area contributed by atoms with Crippen molar-refractivity contribution in [1.82, 2.24) is 18.7 Å². The van der Waals surface area contributed by atoms with Gasteiger partial charge in [-0.1, -0.05) is 18.2 Å². The van der Waals surface area contributed by atoms with Crippen LogP contribution in [0.2, 0.25) is 0 Å². The number of fused-ring (bicyclic) bond motifs is 3. The molecule has 1 aromatic carbocycles. The second-order valence-corrected chi connectivity index (χ2v) is 10.5. The van der Waals surface area contributed by atoms with Crippen molar-refractivity contribution in [3.8, 4) is 11.1 Å². The first-order chi connectivity index (χ1) is 16.0. The standard InChI is InChI=1S/C24H21N5O3S/c1-25-21-10-22-18(9-23(21)32-22)15-8-19-20(16-12-27-28(2)13-16)14-29(24(19)26-11-15)33(30,31)17-6-4-3-5-7-17/h3-8,11-14,18,21-23H,9-10H2,2H3/t18-,21?,22+,23+/m0/s1. The molecule has 6 rings (SSSR count). The molecule has 2 saturated heterocycles. The number of ether oxygens (including phenoxy) is 1. The second-order valence-electron chi connectivity index (χ2n) is 8.69. The summed E-state index contributed by atoms with van der Waals surface area (Å²) in [5, 5.41) is 5.02. The quantitative estimate of drug-likeness (QED) is 0.436. The van der Waals surface area contributed by atoms with Crippen molar-refractivity contribution < 1.29 is 13.2 Å². The van der Waals surface area contributed by atoms with Gasteiger partial charge in [0.15, 0.2) is 5.65 Å². The van der Waals surface area contributed by atoms with Gasteiger partial charge in [-0.2, -0.15) is 5.10 Å². The molecule has 2 bridgehead atoms. The Bertz CT molecular complexity index is 1520. The summed E-state index contributed by atoms with van der Waals surface area (Å²) in [6, 6.07) is 10.3. The molecule has 33 heavy (non-hydrogen) atoms. The molecule has 9 heteroatoms. The zero-order valence-corrected chi connectivity index (χ0v) is 18.7. The normalized spacial score (nSPS) is 24.4. The highest BCUT2D eigenvalue weighted by Crippen LogP contribution is 2.46. The second kappa shape index (κ2) is 7.27. The number of aromatic nitrogens is 4. The summed E-state index contributed by atoms with van der Waals surface area (Å²) < 4.78 is 35.9. The maximum Gasteiger partial charge on any atom is 0.269 e. The van der Waals surface area contributed by atoms with Gasteiger partial charge in [-0.15, -0.1) is 0 Å². The third kappa shape index (κ3) is 3.09. The number of aryl methyl sites for hydroxylation is 1. The fourth-order valence-electron chi connectivity index (χ4n) is 5.10. The SMILES string of the molecule is [C-]#[N+]C1C[C@H]2O[C@@H]1C[C@H]2c1cnc2c(c1)c(-c1cnn(C)c1)cn2S(=O)(=O)c1ccccc1. The molecule has 0 spiro atoms. The van der Waals surface area contributed by atoms with Crippen LogP contribution in [0.25, 0.3) is 27.0 Å². The summed E-state index contributed by atoms with van der Waals surface area (Å²) in [6.45, 7) is 7.36. The van der Waals surface area contributed by atoms with Gasteiger partial charge in [-0.25, -0.2) is 23.9 Å². The van der Waals surface area contributed by atoms with E-state index in [4.69, 9.17) is 11.3 Å². The Hall–Kier alpha value is -3.48. The van der Waals surface area contributed by atoms with Gasteiger partial charge in [-0.05, 0) is 30.2 Å². The number of pyridine rings is 1. The first-order valence-electron chi connectivity index (χ1n) is 10.8. The Morgan fingerprint density at radius 1 is 1.12 bits per heavy atom. The van der Waals surface area contributed by atoms with E-state index in [9.17, 15) is 8.42 Å².